The minimum atomic E-state index is -4.33. The van der Waals surface area contributed by atoms with E-state index in [-0.39, 0.29) is 6.04 Å². The lowest BCUT2D eigenvalue weighted by molar-refractivity contribution is -0.137. The van der Waals surface area contributed by atoms with Gasteiger partial charge in [0.2, 0.25) is 0 Å². The third-order valence-electron chi connectivity index (χ3n) is 3.02. The van der Waals surface area contributed by atoms with Crippen molar-refractivity contribution < 1.29 is 17.6 Å². The van der Waals surface area contributed by atoms with Crippen LogP contribution in [0.4, 0.5) is 13.2 Å². The van der Waals surface area contributed by atoms with Crippen molar-refractivity contribution in [2.24, 2.45) is 0 Å². The van der Waals surface area contributed by atoms with Gasteiger partial charge in [0.05, 0.1) is 24.1 Å². The molecule has 0 aliphatic heterocycles. The number of benzene rings is 1. The fraction of sp³-hybridized carbons (Fsp3) is 0.333. The van der Waals surface area contributed by atoms with E-state index in [9.17, 15) is 13.2 Å². The molecule has 108 valence electrons. The standard InChI is InChI=1S/C15H16F3NO/c1-2-7-19-14(12-6-8-20-10-12)11-4-3-5-13(9-11)15(16,17)18/h3-6,8-10,14,19H,2,7H2,1H3. The molecule has 20 heavy (non-hydrogen) atoms. The Kier molecular flexibility index (Phi) is 4.49. The SMILES string of the molecule is CCCNC(c1ccoc1)c1cccc(C(F)(F)F)c1. The van der Waals surface area contributed by atoms with E-state index in [1.54, 1.807) is 18.4 Å². The zero-order chi connectivity index (χ0) is 14.6. The van der Waals surface area contributed by atoms with Crippen molar-refractivity contribution in [2.45, 2.75) is 25.6 Å². The van der Waals surface area contributed by atoms with Crippen LogP contribution in [-0.2, 0) is 6.18 Å². The fourth-order valence-corrected chi connectivity index (χ4v) is 2.05. The van der Waals surface area contributed by atoms with Gasteiger partial charge in [-0.25, -0.2) is 0 Å². The molecule has 0 saturated heterocycles. The van der Waals surface area contributed by atoms with E-state index < -0.39 is 11.7 Å². The summed E-state index contributed by atoms with van der Waals surface area (Å²) < 4.78 is 43.4. The molecule has 0 aliphatic carbocycles. The first-order valence-electron chi connectivity index (χ1n) is 6.45. The van der Waals surface area contributed by atoms with Crippen molar-refractivity contribution in [3.8, 4) is 0 Å². The molecular weight excluding hydrogens is 267 g/mol. The summed E-state index contributed by atoms with van der Waals surface area (Å²) in [7, 11) is 0. The van der Waals surface area contributed by atoms with Crippen LogP contribution in [0.2, 0.25) is 0 Å². The third kappa shape index (κ3) is 3.42. The molecule has 0 fully saturated rings. The van der Waals surface area contributed by atoms with Crippen molar-refractivity contribution >= 4 is 0 Å². The number of halogens is 3. The highest BCUT2D eigenvalue weighted by molar-refractivity contribution is 5.33. The minimum absolute atomic E-state index is 0.295. The lowest BCUT2D eigenvalue weighted by Crippen LogP contribution is -2.23. The Hall–Kier alpha value is -1.75. The highest BCUT2D eigenvalue weighted by Gasteiger charge is 2.31. The van der Waals surface area contributed by atoms with Crippen LogP contribution in [0, 0.1) is 0 Å². The molecule has 1 aromatic heterocycles. The first kappa shape index (κ1) is 14.7. The van der Waals surface area contributed by atoms with Crippen molar-refractivity contribution in [1.82, 2.24) is 5.32 Å². The second-order valence-corrected chi connectivity index (χ2v) is 4.57. The summed E-state index contributed by atoms with van der Waals surface area (Å²) in [5.74, 6) is 0. The van der Waals surface area contributed by atoms with E-state index >= 15 is 0 Å². The van der Waals surface area contributed by atoms with Gasteiger partial charge in [-0.15, -0.1) is 0 Å². The summed E-state index contributed by atoms with van der Waals surface area (Å²) in [6.07, 6.45) is -0.369. The van der Waals surface area contributed by atoms with Gasteiger partial charge >= 0.3 is 6.18 Å². The van der Waals surface area contributed by atoms with Crippen molar-refractivity contribution in [1.29, 1.82) is 0 Å². The second-order valence-electron chi connectivity index (χ2n) is 4.57. The molecule has 0 spiro atoms. The number of furan rings is 1. The molecule has 1 heterocycles. The number of alkyl halides is 3. The molecule has 1 aromatic carbocycles. The predicted octanol–water partition coefficient (Wildman–Crippen LogP) is 4.39. The maximum absolute atomic E-state index is 12.8. The van der Waals surface area contributed by atoms with Crippen LogP contribution in [-0.4, -0.2) is 6.54 Å². The van der Waals surface area contributed by atoms with E-state index in [4.69, 9.17) is 4.42 Å². The molecule has 0 saturated carbocycles. The van der Waals surface area contributed by atoms with Crippen molar-refractivity contribution in [3.05, 3.63) is 59.5 Å². The molecule has 0 bridgehead atoms. The summed E-state index contributed by atoms with van der Waals surface area (Å²) in [5, 5.41) is 3.24. The minimum Gasteiger partial charge on any atom is -0.472 e. The first-order valence-corrected chi connectivity index (χ1v) is 6.45. The molecule has 1 N–H and O–H groups in total. The third-order valence-corrected chi connectivity index (χ3v) is 3.02. The van der Waals surface area contributed by atoms with Crippen LogP contribution in [0.5, 0.6) is 0 Å². The average Bonchev–Trinajstić information content (AvgIpc) is 2.92. The first-order chi connectivity index (χ1) is 9.52. The molecule has 2 rings (SSSR count). The highest BCUT2D eigenvalue weighted by atomic mass is 19.4. The van der Waals surface area contributed by atoms with Gasteiger partial charge in [-0.2, -0.15) is 13.2 Å². The number of nitrogens with one attached hydrogen (secondary N) is 1. The Balaban J connectivity index is 2.34. The van der Waals surface area contributed by atoms with Gasteiger partial charge in [0.1, 0.15) is 0 Å². The van der Waals surface area contributed by atoms with Crippen molar-refractivity contribution in [3.63, 3.8) is 0 Å². The van der Waals surface area contributed by atoms with E-state index in [1.165, 1.54) is 18.4 Å². The fourth-order valence-electron chi connectivity index (χ4n) is 2.05. The summed E-state index contributed by atoms with van der Waals surface area (Å²) in [4.78, 5) is 0. The van der Waals surface area contributed by atoms with E-state index in [0.717, 1.165) is 18.1 Å². The molecule has 0 radical (unpaired) electrons. The maximum atomic E-state index is 12.8. The Morgan fingerprint density at radius 1 is 1.20 bits per heavy atom. The van der Waals surface area contributed by atoms with Gasteiger partial charge in [-0.3, -0.25) is 0 Å². The molecule has 0 aliphatic rings. The van der Waals surface area contributed by atoms with Crippen LogP contribution in [0.25, 0.3) is 0 Å². The van der Waals surface area contributed by atoms with Crippen LogP contribution in [0.15, 0.2) is 47.3 Å². The molecule has 2 nitrogen and oxygen atoms in total. The second kappa shape index (κ2) is 6.13. The van der Waals surface area contributed by atoms with Crippen LogP contribution >= 0.6 is 0 Å². The normalized spacial score (nSPS) is 13.4. The van der Waals surface area contributed by atoms with Crippen LogP contribution in [0.3, 0.4) is 0 Å². The Bertz CT molecular complexity index is 534. The number of rotatable bonds is 5. The Morgan fingerprint density at radius 2 is 2.00 bits per heavy atom. The largest absolute Gasteiger partial charge is 0.472 e. The maximum Gasteiger partial charge on any atom is 0.416 e. The molecule has 1 unspecified atom stereocenters. The van der Waals surface area contributed by atoms with Gasteiger partial charge in [0.15, 0.2) is 0 Å². The smallest absolute Gasteiger partial charge is 0.416 e. The quantitative estimate of drug-likeness (QED) is 0.880. The van der Waals surface area contributed by atoms with E-state index in [2.05, 4.69) is 5.32 Å². The van der Waals surface area contributed by atoms with Gasteiger partial charge in [0.25, 0.3) is 0 Å². The summed E-state index contributed by atoms with van der Waals surface area (Å²) in [5.41, 5.74) is 0.759. The lowest BCUT2D eigenvalue weighted by atomic mass is 9.99. The molecule has 1 atom stereocenters. The van der Waals surface area contributed by atoms with Crippen LogP contribution in [0.1, 0.15) is 36.1 Å². The van der Waals surface area contributed by atoms with Crippen molar-refractivity contribution in [2.75, 3.05) is 6.54 Å². The van der Waals surface area contributed by atoms with Gasteiger partial charge in [-0.1, -0.05) is 19.1 Å². The predicted molar refractivity (Wildman–Crippen MR) is 70.3 cm³/mol. The molecule has 5 heteroatoms. The van der Waals surface area contributed by atoms with Gasteiger partial charge in [0, 0.05) is 5.56 Å². The number of hydrogen-bond acceptors (Lipinski definition) is 2. The highest BCUT2D eigenvalue weighted by Crippen LogP contribution is 2.32. The Morgan fingerprint density at radius 3 is 2.60 bits per heavy atom. The average molecular weight is 283 g/mol. The van der Waals surface area contributed by atoms with Gasteiger partial charge in [-0.05, 0) is 36.7 Å². The summed E-state index contributed by atoms with van der Waals surface area (Å²) >= 11 is 0. The zero-order valence-corrected chi connectivity index (χ0v) is 11.1. The summed E-state index contributed by atoms with van der Waals surface area (Å²) in [6.45, 7) is 2.72. The zero-order valence-electron chi connectivity index (χ0n) is 11.1. The van der Waals surface area contributed by atoms with E-state index in [1.807, 2.05) is 6.92 Å². The van der Waals surface area contributed by atoms with Gasteiger partial charge < -0.3 is 9.73 Å². The molecule has 2 aromatic rings. The Labute approximate surface area is 115 Å². The van der Waals surface area contributed by atoms with Crippen LogP contribution < -0.4 is 5.32 Å². The molecular formula is C15H16F3NO. The van der Waals surface area contributed by atoms with E-state index in [0.29, 0.717) is 12.1 Å². The topological polar surface area (TPSA) is 25.2 Å². The monoisotopic (exact) mass is 283 g/mol. The summed E-state index contributed by atoms with van der Waals surface area (Å²) in [6, 6.07) is 6.84. The number of hydrogen-bond donors (Lipinski definition) is 1. The molecule has 0 amide bonds. The lowest BCUT2D eigenvalue weighted by Gasteiger charge is -2.19.